The highest BCUT2D eigenvalue weighted by atomic mass is 32.2. The third-order valence-electron chi connectivity index (χ3n) is 8.48. The molecule has 2 aliphatic rings. The van der Waals surface area contributed by atoms with E-state index in [9.17, 15) is 36.4 Å². The smallest absolute Gasteiger partial charge is 0.416 e. The molecule has 2 aromatic carbocycles. The highest BCUT2D eigenvalue weighted by Gasteiger charge is 2.53. The molecule has 0 radical (unpaired) electrons. The number of nitrogens with zero attached hydrogens (tertiary/aromatic N) is 3. The first kappa shape index (κ1) is 31.0. The Balaban J connectivity index is 1.64. The average Bonchev–Trinajstić information content (AvgIpc) is 3.32. The molecule has 0 N–H and O–H groups in total. The second-order valence-electron chi connectivity index (χ2n) is 11.2. The van der Waals surface area contributed by atoms with E-state index >= 15 is 0 Å². The Bertz CT molecular complexity index is 1370. The van der Waals surface area contributed by atoms with Gasteiger partial charge in [-0.3, -0.25) is 14.5 Å². The Morgan fingerprint density at radius 3 is 2.41 bits per heavy atom. The largest absolute Gasteiger partial charge is 0.755 e. The molecular weight excluding hydrogens is 559 g/mol. The Hall–Kier alpha value is -2.96. The van der Waals surface area contributed by atoms with Crippen molar-refractivity contribution in [2.45, 2.75) is 80.7 Å². The molecular formula is C29H35F3N3O5S-. The summed E-state index contributed by atoms with van der Waals surface area (Å²) in [5.41, 5.74) is -2.48. The van der Waals surface area contributed by atoms with Crippen LogP contribution < -0.4 is 0 Å². The molecule has 1 aliphatic heterocycles. The molecule has 3 atom stereocenters. The summed E-state index contributed by atoms with van der Waals surface area (Å²) in [7, 11) is -1.92. The number of alkyl halides is 3. The Morgan fingerprint density at radius 2 is 1.78 bits per heavy atom. The molecule has 12 heteroatoms. The van der Waals surface area contributed by atoms with Crippen molar-refractivity contribution in [1.29, 1.82) is 0 Å². The molecule has 0 aromatic heterocycles. The molecule has 2 fully saturated rings. The van der Waals surface area contributed by atoms with Crippen LogP contribution in [0.1, 0.15) is 61.9 Å². The maximum absolute atomic E-state index is 13.7. The number of amides is 2. The number of carbonyl (C=O) groups is 2. The number of sulfone groups is 1. The number of hydrogen-bond donors (Lipinski definition) is 0. The van der Waals surface area contributed by atoms with Gasteiger partial charge in [0.2, 0.25) is 11.8 Å². The lowest BCUT2D eigenvalue weighted by atomic mass is 9.76. The molecule has 0 bridgehead atoms. The molecule has 4 rings (SSSR count). The fourth-order valence-corrected chi connectivity index (χ4v) is 8.13. The molecule has 1 heterocycles. The lowest BCUT2D eigenvalue weighted by molar-refractivity contribution is -0.138. The van der Waals surface area contributed by atoms with Crippen molar-refractivity contribution in [2.75, 3.05) is 19.3 Å². The number of halogens is 3. The molecule has 1 saturated carbocycles. The van der Waals surface area contributed by atoms with Gasteiger partial charge in [-0.05, 0) is 70.5 Å². The van der Waals surface area contributed by atoms with Crippen molar-refractivity contribution in [3.63, 3.8) is 0 Å². The van der Waals surface area contributed by atoms with Crippen molar-refractivity contribution in [2.24, 2.45) is 0 Å². The summed E-state index contributed by atoms with van der Waals surface area (Å²) in [6, 6.07) is 9.66. The highest BCUT2D eigenvalue weighted by Crippen LogP contribution is 2.41. The van der Waals surface area contributed by atoms with Crippen LogP contribution in [0.5, 0.6) is 0 Å². The minimum atomic E-state index is -4.70. The molecule has 2 aromatic rings. The number of carbonyl (C=O) groups excluding carboxylic acids is 2. The van der Waals surface area contributed by atoms with E-state index < -0.39 is 56.6 Å². The van der Waals surface area contributed by atoms with E-state index in [0.29, 0.717) is 18.9 Å². The number of rotatable bonds is 8. The summed E-state index contributed by atoms with van der Waals surface area (Å²) in [6.07, 6.45) is -2.17. The van der Waals surface area contributed by atoms with Crippen molar-refractivity contribution in [3.8, 4) is 0 Å². The minimum Gasteiger partial charge on any atom is -0.755 e. The van der Waals surface area contributed by atoms with Gasteiger partial charge < -0.3 is 15.2 Å². The van der Waals surface area contributed by atoms with E-state index in [1.165, 1.54) is 4.90 Å². The number of likely N-dealkylation sites (tertiary alicyclic amines) is 1. The monoisotopic (exact) mass is 594 g/mol. The zero-order valence-electron chi connectivity index (χ0n) is 23.3. The normalized spacial score (nSPS) is 23.8. The molecule has 2 amide bonds. The van der Waals surface area contributed by atoms with Crippen molar-refractivity contribution >= 4 is 21.7 Å². The van der Waals surface area contributed by atoms with Gasteiger partial charge in [-0.1, -0.05) is 37.1 Å². The first-order valence-electron chi connectivity index (χ1n) is 13.7. The van der Waals surface area contributed by atoms with Gasteiger partial charge in [-0.25, -0.2) is 8.42 Å². The summed E-state index contributed by atoms with van der Waals surface area (Å²) in [5.74, 6) is -2.08. The predicted molar refractivity (Wildman–Crippen MR) is 147 cm³/mol. The molecule has 41 heavy (non-hydrogen) atoms. The van der Waals surface area contributed by atoms with E-state index in [1.807, 2.05) is 25.8 Å². The fourth-order valence-electron chi connectivity index (χ4n) is 6.20. The van der Waals surface area contributed by atoms with Crippen LogP contribution in [0.25, 0.3) is 0 Å². The molecule has 0 spiro atoms. The number of likely N-dealkylation sites (N-methyl/N-ethyl adjacent to an activating group) is 1. The number of benzene rings is 2. The summed E-state index contributed by atoms with van der Waals surface area (Å²) >= 11 is 0. The summed E-state index contributed by atoms with van der Waals surface area (Å²) in [5, 5.41) is 13.1. The predicted octanol–water partition coefficient (Wildman–Crippen LogP) is 4.74. The number of hydroxylamine groups is 2. The van der Waals surface area contributed by atoms with Gasteiger partial charge in [0.25, 0.3) is 0 Å². The maximum atomic E-state index is 13.7. The van der Waals surface area contributed by atoms with Gasteiger partial charge in [0.05, 0.1) is 27.8 Å². The lowest BCUT2D eigenvalue weighted by Crippen LogP contribution is -2.67. The van der Waals surface area contributed by atoms with E-state index in [1.54, 1.807) is 30.3 Å². The summed E-state index contributed by atoms with van der Waals surface area (Å²) in [4.78, 5) is 30.3. The van der Waals surface area contributed by atoms with Crippen LogP contribution in [0.2, 0.25) is 0 Å². The van der Waals surface area contributed by atoms with E-state index in [2.05, 4.69) is 0 Å². The standard InChI is InChI=1S/C29H35F3N3O5S/c1-20(2)33(3)28(19-41(39,40)23-12-5-4-6-13-23)16-8-7-14-25(28)34-17-15-24(27(34)37)35(38)26(36)21-10-9-11-22(18-21)29(30,31)32/h4-6,9-13,18,20,24-25H,7-8,14-17,19H2,1-3H3/q-1/t24?,25?,28-/m0/s1. The van der Waals surface area contributed by atoms with Crippen LogP contribution in [-0.2, 0) is 20.8 Å². The van der Waals surface area contributed by atoms with E-state index in [4.69, 9.17) is 0 Å². The van der Waals surface area contributed by atoms with Gasteiger partial charge in [0.15, 0.2) is 9.84 Å². The first-order chi connectivity index (χ1) is 19.2. The van der Waals surface area contributed by atoms with Gasteiger partial charge in [-0.15, -0.1) is 0 Å². The Labute approximate surface area is 238 Å². The van der Waals surface area contributed by atoms with Crippen LogP contribution >= 0.6 is 0 Å². The average molecular weight is 595 g/mol. The SMILES string of the molecule is CC(C)N(C)[C@]1(CS(=O)(=O)c2ccccc2)CCCCC1N1CCC(N([O-])C(=O)c2cccc(C(F)(F)F)c2)C1=O. The lowest BCUT2D eigenvalue weighted by Gasteiger charge is -2.54. The maximum Gasteiger partial charge on any atom is 0.416 e. The molecule has 224 valence electrons. The van der Waals surface area contributed by atoms with Crippen LogP contribution in [0.3, 0.4) is 0 Å². The zero-order chi connectivity index (χ0) is 30.2. The molecule has 1 aliphatic carbocycles. The quantitative estimate of drug-likeness (QED) is 0.410. The van der Waals surface area contributed by atoms with Gasteiger partial charge >= 0.3 is 6.18 Å². The summed E-state index contributed by atoms with van der Waals surface area (Å²) in [6.45, 7) is 4.02. The van der Waals surface area contributed by atoms with Crippen LogP contribution in [-0.4, -0.2) is 78.1 Å². The second kappa shape index (κ2) is 11.7. The van der Waals surface area contributed by atoms with E-state index in [-0.39, 0.29) is 34.7 Å². The minimum absolute atomic E-state index is 0.00353. The van der Waals surface area contributed by atoms with Crippen molar-refractivity contribution in [1.82, 2.24) is 14.9 Å². The van der Waals surface area contributed by atoms with Crippen molar-refractivity contribution in [3.05, 3.63) is 70.9 Å². The highest BCUT2D eigenvalue weighted by molar-refractivity contribution is 7.91. The molecule has 8 nitrogen and oxygen atoms in total. The first-order valence-corrected chi connectivity index (χ1v) is 15.3. The van der Waals surface area contributed by atoms with Crippen molar-refractivity contribution < 1.29 is 31.2 Å². The van der Waals surface area contributed by atoms with Gasteiger partial charge in [0.1, 0.15) is 6.04 Å². The third-order valence-corrected chi connectivity index (χ3v) is 10.4. The molecule has 2 unspecified atom stereocenters. The zero-order valence-corrected chi connectivity index (χ0v) is 24.1. The van der Waals surface area contributed by atoms with Crippen LogP contribution in [0.4, 0.5) is 13.2 Å². The molecule has 1 saturated heterocycles. The van der Waals surface area contributed by atoms with Gasteiger partial charge in [0, 0.05) is 18.2 Å². The Kier molecular flexibility index (Phi) is 8.87. The van der Waals surface area contributed by atoms with Crippen LogP contribution in [0.15, 0.2) is 59.5 Å². The fraction of sp³-hybridized carbons (Fsp3) is 0.517. The van der Waals surface area contributed by atoms with E-state index in [0.717, 1.165) is 31.0 Å². The van der Waals surface area contributed by atoms with Gasteiger partial charge in [-0.2, -0.15) is 13.2 Å². The number of hydrogen-bond acceptors (Lipinski definition) is 6. The topological polar surface area (TPSA) is 101 Å². The van der Waals surface area contributed by atoms with Crippen LogP contribution in [0, 0.1) is 5.21 Å². The summed E-state index contributed by atoms with van der Waals surface area (Å²) < 4.78 is 66.8. The Morgan fingerprint density at radius 1 is 1.10 bits per heavy atom. The second-order valence-corrected chi connectivity index (χ2v) is 13.2. The third kappa shape index (κ3) is 6.14.